The third-order valence-corrected chi connectivity index (χ3v) is 8.63. The Hall–Kier alpha value is -2.65. The normalized spacial score (nSPS) is 20.2. The molecule has 3 saturated heterocycles. The minimum absolute atomic E-state index is 0.203. The van der Waals surface area contributed by atoms with Crippen molar-refractivity contribution >= 4 is 27.9 Å². The summed E-state index contributed by atoms with van der Waals surface area (Å²) in [5.41, 5.74) is 0. The summed E-state index contributed by atoms with van der Waals surface area (Å²) in [6.45, 7) is 8.59. The van der Waals surface area contributed by atoms with E-state index in [1.54, 1.807) is 0 Å². The molecule has 0 atom stereocenters. The molecular weight excluding hydrogens is 503 g/mol. The summed E-state index contributed by atoms with van der Waals surface area (Å²) in [4.78, 5) is 20.1. The zero-order chi connectivity index (χ0) is 25.7. The molecule has 3 aliphatic heterocycles. The van der Waals surface area contributed by atoms with Crippen LogP contribution in [0.15, 0.2) is 29.2 Å². The van der Waals surface area contributed by atoms with E-state index in [-0.39, 0.29) is 18.0 Å². The van der Waals surface area contributed by atoms with E-state index in [1.807, 2.05) is 4.90 Å². The van der Waals surface area contributed by atoms with Crippen molar-refractivity contribution in [2.45, 2.75) is 4.90 Å². The lowest BCUT2D eigenvalue weighted by molar-refractivity contribution is 0.0398. The highest BCUT2D eigenvalue weighted by molar-refractivity contribution is 7.89. The number of anilines is 3. The fourth-order valence-corrected chi connectivity index (χ4v) is 6.04. The first kappa shape index (κ1) is 26.0. The second kappa shape index (κ2) is 11.8. The van der Waals surface area contributed by atoms with Gasteiger partial charge in [-0.2, -0.15) is 19.3 Å². The van der Waals surface area contributed by atoms with Crippen LogP contribution in [0.3, 0.4) is 0 Å². The number of benzene rings is 1. The maximum absolute atomic E-state index is 14.2. The molecule has 0 bridgehead atoms. The Morgan fingerprint density at radius 3 is 2.05 bits per heavy atom. The molecule has 3 aliphatic rings. The molecule has 5 rings (SSSR count). The van der Waals surface area contributed by atoms with Gasteiger partial charge >= 0.3 is 0 Å². The molecule has 4 heterocycles. The van der Waals surface area contributed by atoms with Crippen molar-refractivity contribution in [3.05, 3.63) is 30.1 Å². The fraction of sp³-hybridized carbons (Fsp3) is 0.609. The van der Waals surface area contributed by atoms with Crippen molar-refractivity contribution in [2.75, 3.05) is 107 Å². The van der Waals surface area contributed by atoms with E-state index < -0.39 is 15.8 Å². The van der Waals surface area contributed by atoms with Gasteiger partial charge in [0, 0.05) is 65.4 Å². The molecule has 0 radical (unpaired) electrons. The first-order valence-electron chi connectivity index (χ1n) is 12.6. The third kappa shape index (κ3) is 6.26. The summed E-state index contributed by atoms with van der Waals surface area (Å²) in [6.07, 6.45) is 0. The van der Waals surface area contributed by atoms with Gasteiger partial charge in [-0.05, 0) is 12.1 Å². The number of nitrogens with one attached hydrogen (secondary N) is 1. The molecule has 0 amide bonds. The van der Waals surface area contributed by atoms with Gasteiger partial charge in [0.1, 0.15) is 10.7 Å². The molecule has 0 spiro atoms. The minimum atomic E-state index is -3.92. The van der Waals surface area contributed by atoms with E-state index in [4.69, 9.17) is 14.5 Å². The summed E-state index contributed by atoms with van der Waals surface area (Å²) in [7, 11) is -3.92. The summed E-state index contributed by atoms with van der Waals surface area (Å²) >= 11 is 0. The molecule has 37 heavy (non-hydrogen) atoms. The highest BCUT2D eigenvalue weighted by atomic mass is 32.2. The lowest BCUT2D eigenvalue weighted by Gasteiger charge is -2.34. The van der Waals surface area contributed by atoms with Gasteiger partial charge in [0.05, 0.1) is 26.4 Å². The van der Waals surface area contributed by atoms with E-state index in [0.29, 0.717) is 63.8 Å². The molecule has 1 N–H and O–H groups in total. The number of nitrogens with zero attached hydrogens (tertiary/aromatic N) is 7. The van der Waals surface area contributed by atoms with Crippen LogP contribution in [0.2, 0.25) is 0 Å². The summed E-state index contributed by atoms with van der Waals surface area (Å²) in [5, 5.41) is 3.33. The highest BCUT2D eigenvalue weighted by Crippen LogP contribution is 2.23. The lowest BCUT2D eigenvalue weighted by Crippen LogP contribution is -2.49. The molecule has 3 fully saturated rings. The second-order valence-electron chi connectivity index (χ2n) is 9.06. The molecule has 1 aromatic carbocycles. The van der Waals surface area contributed by atoms with Crippen LogP contribution >= 0.6 is 0 Å². The first-order chi connectivity index (χ1) is 18.0. The number of hydrogen-bond donors (Lipinski definition) is 1. The Morgan fingerprint density at radius 1 is 0.811 bits per heavy atom. The molecule has 2 aromatic rings. The Labute approximate surface area is 216 Å². The van der Waals surface area contributed by atoms with Crippen LogP contribution in [0.1, 0.15) is 0 Å². The number of rotatable bonds is 8. The number of morpholine rings is 2. The van der Waals surface area contributed by atoms with Gasteiger partial charge in [-0.3, -0.25) is 4.90 Å². The Kier molecular flexibility index (Phi) is 8.30. The van der Waals surface area contributed by atoms with Gasteiger partial charge < -0.3 is 24.6 Å². The quantitative estimate of drug-likeness (QED) is 0.495. The second-order valence-corrected chi connectivity index (χ2v) is 11.0. The van der Waals surface area contributed by atoms with E-state index in [2.05, 4.69) is 25.1 Å². The van der Waals surface area contributed by atoms with Gasteiger partial charge in [0.15, 0.2) is 0 Å². The average molecular weight is 537 g/mol. The van der Waals surface area contributed by atoms with Gasteiger partial charge in [0.25, 0.3) is 0 Å². The highest BCUT2D eigenvalue weighted by Gasteiger charge is 2.31. The van der Waals surface area contributed by atoms with Crippen LogP contribution < -0.4 is 15.1 Å². The number of sulfonamides is 1. The first-order valence-corrected chi connectivity index (χ1v) is 14.1. The standard InChI is InChI=1S/C23H33FN8O4S/c24-19-3-1-2-4-20(19)37(33,34)32-9-7-30(8-10-32)22-26-21(25-5-6-29-11-15-35-16-12-29)27-23(28-22)31-13-17-36-18-14-31/h1-4H,5-18H2,(H,25,26,27,28). The van der Waals surface area contributed by atoms with Crippen LogP contribution in [0.5, 0.6) is 0 Å². The van der Waals surface area contributed by atoms with Crippen molar-refractivity contribution in [3.63, 3.8) is 0 Å². The molecule has 12 nitrogen and oxygen atoms in total. The van der Waals surface area contributed by atoms with E-state index in [1.165, 1.54) is 22.5 Å². The van der Waals surface area contributed by atoms with Crippen LogP contribution in [0, 0.1) is 5.82 Å². The van der Waals surface area contributed by atoms with Gasteiger partial charge in [-0.15, -0.1) is 0 Å². The van der Waals surface area contributed by atoms with Crippen LogP contribution in [0.25, 0.3) is 0 Å². The zero-order valence-electron chi connectivity index (χ0n) is 20.8. The summed E-state index contributed by atoms with van der Waals surface area (Å²) < 4.78 is 52.4. The number of hydrogen-bond acceptors (Lipinski definition) is 11. The third-order valence-electron chi connectivity index (χ3n) is 6.70. The Morgan fingerprint density at radius 2 is 1.41 bits per heavy atom. The van der Waals surface area contributed by atoms with Gasteiger partial charge in [-0.25, -0.2) is 12.8 Å². The maximum atomic E-state index is 14.2. The van der Waals surface area contributed by atoms with Gasteiger partial charge in [-0.1, -0.05) is 12.1 Å². The number of halogens is 1. The smallest absolute Gasteiger partial charge is 0.246 e. The summed E-state index contributed by atoms with van der Waals surface area (Å²) in [5.74, 6) is 0.809. The van der Waals surface area contributed by atoms with Crippen molar-refractivity contribution in [2.24, 2.45) is 0 Å². The molecule has 202 valence electrons. The van der Waals surface area contributed by atoms with Crippen LogP contribution in [0.4, 0.5) is 22.2 Å². The minimum Gasteiger partial charge on any atom is -0.379 e. The van der Waals surface area contributed by atoms with Crippen molar-refractivity contribution in [3.8, 4) is 0 Å². The average Bonchev–Trinajstić information content (AvgIpc) is 2.94. The maximum Gasteiger partial charge on any atom is 0.246 e. The molecule has 1 aromatic heterocycles. The topological polar surface area (TPSA) is 116 Å². The molecular formula is C23H33FN8O4S. The predicted octanol–water partition coefficient (Wildman–Crippen LogP) is 0.102. The molecule has 14 heteroatoms. The number of aromatic nitrogens is 3. The number of ether oxygens (including phenoxy) is 2. The van der Waals surface area contributed by atoms with Crippen molar-refractivity contribution in [1.82, 2.24) is 24.2 Å². The molecule has 0 aliphatic carbocycles. The van der Waals surface area contributed by atoms with Crippen LogP contribution in [-0.4, -0.2) is 124 Å². The van der Waals surface area contributed by atoms with Crippen molar-refractivity contribution in [1.29, 1.82) is 0 Å². The van der Waals surface area contributed by atoms with Gasteiger partial charge in [0.2, 0.25) is 27.9 Å². The monoisotopic (exact) mass is 536 g/mol. The van der Waals surface area contributed by atoms with Crippen molar-refractivity contribution < 1.29 is 22.3 Å². The van der Waals surface area contributed by atoms with Crippen LogP contribution in [-0.2, 0) is 19.5 Å². The predicted molar refractivity (Wildman–Crippen MR) is 136 cm³/mol. The summed E-state index contributed by atoms with van der Waals surface area (Å²) in [6, 6.07) is 5.46. The lowest BCUT2D eigenvalue weighted by atomic mass is 10.3. The number of piperazine rings is 1. The fourth-order valence-electron chi connectivity index (χ4n) is 4.55. The van der Waals surface area contributed by atoms with E-state index in [0.717, 1.165) is 38.9 Å². The Bertz CT molecular complexity index is 1150. The van der Waals surface area contributed by atoms with E-state index in [9.17, 15) is 12.8 Å². The Balaban J connectivity index is 1.28. The SMILES string of the molecule is O=S(=O)(c1ccccc1F)N1CCN(c2nc(NCCN3CCOCC3)nc(N3CCOCC3)n2)CC1. The largest absolute Gasteiger partial charge is 0.379 e. The van der Waals surface area contributed by atoms with E-state index >= 15 is 0 Å². The zero-order valence-corrected chi connectivity index (χ0v) is 21.6. The molecule has 0 saturated carbocycles. The molecule has 0 unspecified atom stereocenters.